The van der Waals surface area contributed by atoms with Crippen molar-refractivity contribution in [3.05, 3.63) is 21.1 Å². The highest BCUT2D eigenvalue weighted by Gasteiger charge is 2.23. The molecule has 0 aliphatic carbocycles. The maximum atomic E-state index is 11.2. The second kappa shape index (κ2) is 3.29. The molecule has 14 heavy (non-hydrogen) atoms. The zero-order valence-electron chi connectivity index (χ0n) is 6.86. The Labute approximate surface area is 87.7 Å². The fraction of sp³-hybridized carbons (Fsp3) is 0.286. The summed E-state index contributed by atoms with van der Waals surface area (Å²) in [4.78, 5) is 25.6. The molecule has 7 heteroatoms. The van der Waals surface area contributed by atoms with Crippen LogP contribution in [0.5, 0.6) is 0 Å². The van der Waals surface area contributed by atoms with E-state index in [-0.39, 0.29) is 5.15 Å². The van der Waals surface area contributed by atoms with Crippen LogP contribution in [0.15, 0.2) is 9.95 Å². The van der Waals surface area contributed by atoms with E-state index in [2.05, 4.69) is 4.98 Å². The Bertz CT molecular complexity index is 471. The summed E-state index contributed by atoms with van der Waals surface area (Å²) < 4.78 is 1.54. The van der Waals surface area contributed by atoms with E-state index < -0.39 is 17.1 Å². The van der Waals surface area contributed by atoms with Gasteiger partial charge >= 0.3 is 5.97 Å². The molecule has 0 atom stereocenters. The number of rotatable bonds is 1. The molecule has 0 aromatic carbocycles. The van der Waals surface area contributed by atoms with Crippen molar-refractivity contribution in [1.82, 2.24) is 9.55 Å². The van der Waals surface area contributed by atoms with Gasteiger partial charge in [-0.3, -0.25) is 4.79 Å². The van der Waals surface area contributed by atoms with Crippen LogP contribution in [-0.4, -0.2) is 26.4 Å². The van der Waals surface area contributed by atoms with Crippen molar-refractivity contribution in [3.8, 4) is 0 Å². The zero-order valence-corrected chi connectivity index (χ0v) is 8.43. The molecule has 0 spiro atoms. The van der Waals surface area contributed by atoms with Crippen LogP contribution in [0.4, 0.5) is 0 Å². The first-order valence-corrected chi connectivity index (χ1v) is 5.14. The van der Waals surface area contributed by atoms with Gasteiger partial charge in [-0.2, -0.15) is 4.98 Å². The number of halogens is 1. The quantitative estimate of drug-likeness (QED) is 0.570. The minimum absolute atomic E-state index is 0.0301. The summed E-state index contributed by atoms with van der Waals surface area (Å²) in [5.74, 6) is -0.574. The summed E-state index contributed by atoms with van der Waals surface area (Å²) in [6.45, 7) is 0.590. The van der Waals surface area contributed by atoms with Crippen LogP contribution in [0.3, 0.4) is 0 Å². The van der Waals surface area contributed by atoms with E-state index >= 15 is 0 Å². The van der Waals surface area contributed by atoms with E-state index in [1.54, 1.807) is 0 Å². The van der Waals surface area contributed by atoms with Crippen LogP contribution in [0.1, 0.15) is 10.4 Å². The Morgan fingerprint density at radius 3 is 3.00 bits per heavy atom. The zero-order chi connectivity index (χ0) is 10.3. The Morgan fingerprint density at radius 2 is 2.36 bits per heavy atom. The topological polar surface area (TPSA) is 72.2 Å². The van der Waals surface area contributed by atoms with Gasteiger partial charge in [-0.15, -0.1) is 0 Å². The molecule has 0 radical (unpaired) electrons. The highest BCUT2D eigenvalue weighted by atomic mass is 35.5. The van der Waals surface area contributed by atoms with Crippen molar-refractivity contribution in [2.24, 2.45) is 0 Å². The maximum Gasteiger partial charge on any atom is 0.344 e. The van der Waals surface area contributed by atoms with Gasteiger partial charge in [0.05, 0.1) is 0 Å². The number of carboxylic acid groups (broad SMARTS) is 1. The largest absolute Gasteiger partial charge is 0.477 e. The third-order valence-corrected chi connectivity index (χ3v) is 3.19. The molecule has 0 fully saturated rings. The van der Waals surface area contributed by atoms with Crippen molar-refractivity contribution < 1.29 is 9.90 Å². The SMILES string of the molecule is O=C(O)c1c(Cl)n2c(nc1=O)SCC2. The number of hydrogen-bond donors (Lipinski definition) is 1. The summed E-state index contributed by atoms with van der Waals surface area (Å²) in [5, 5.41) is 9.19. The number of nitrogens with zero attached hydrogens (tertiary/aromatic N) is 2. The Balaban J connectivity index is 2.75. The van der Waals surface area contributed by atoms with E-state index in [1.807, 2.05) is 0 Å². The molecule has 0 unspecified atom stereocenters. The first kappa shape index (κ1) is 9.54. The van der Waals surface area contributed by atoms with Gasteiger partial charge in [-0.05, 0) is 0 Å². The lowest BCUT2D eigenvalue weighted by atomic mass is 10.3. The van der Waals surface area contributed by atoms with Gasteiger partial charge in [0.25, 0.3) is 5.56 Å². The molecular weight excluding hydrogens is 228 g/mol. The smallest absolute Gasteiger partial charge is 0.344 e. The maximum absolute atomic E-state index is 11.2. The third kappa shape index (κ3) is 1.31. The van der Waals surface area contributed by atoms with Gasteiger partial charge in [0, 0.05) is 12.3 Å². The molecule has 0 saturated carbocycles. The Hall–Kier alpha value is -1.01. The average molecular weight is 233 g/mol. The summed E-state index contributed by atoms with van der Waals surface area (Å²) in [7, 11) is 0. The molecule has 1 aromatic rings. The van der Waals surface area contributed by atoms with Crippen LogP contribution in [0.2, 0.25) is 5.15 Å². The molecule has 1 aliphatic rings. The molecule has 74 valence electrons. The van der Waals surface area contributed by atoms with E-state index in [0.717, 1.165) is 5.75 Å². The fourth-order valence-electron chi connectivity index (χ4n) is 1.22. The summed E-state index contributed by atoms with van der Waals surface area (Å²) in [6.07, 6.45) is 0. The van der Waals surface area contributed by atoms with Crippen molar-refractivity contribution in [2.75, 3.05) is 5.75 Å². The second-order valence-electron chi connectivity index (χ2n) is 2.67. The van der Waals surface area contributed by atoms with Crippen LogP contribution in [0.25, 0.3) is 0 Å². The molecule has 1 aromatic heterocycles. The first-order chi connectivity index (χ1) is 6.61. The minimum Gasteiger partial charge on any atom is -0.477 e. The summed E-state index contributed by atoms with van der Waals surface area (Å²) in [5.41, 5.74) is -1.22. The molecule has 2 heterocycles. The lowest BCUT2D eigenvalue weighted by Gasteiger charge is -2.05. The first-order valence-electron chi connectivity index (χ1n) is 3.77. The van der Waals surface area contributed by atoms with E-state index in [9.17, 15) is 9.59 Å². The Morgan fingerprint density at radius 1 is 1.64 bits per heavy atom. The van der Waals surface area contributed by atoms with Crippen molar-refractivity contribution >= 4 is 29.3 Å². The number of fused-ring (bicyclic) bond motifs is 1. The third-order valence-electron chi connectivity index (χ3n) is 1.85. The van der Waals surface area contributed by atoms with Gasteiger partial charge in [-0.1, -0.05) is 23.4 Å². The standard InChI is InChI=1S/C7H5ClN2O3S/c8-4-3(6(12)13)5(11)9-7-10(4)1-2-14-7/h1-2H2,(H,12,13). The molecule has 1 aliphatic heterocycles. The lowest BCUT2D eigenvalue weighted by Crippen LogP contribution is -2.22. The van der Waals surface area contributed by atoms with Crippen molar-refractivity contribution in [2.45, 2.75) is 11.7 Å². The highest BCUT2D eigenvalue weighted by molar-refractivity contribution is 7.99. The number of carbonyl (C=O) groups is 1. The molecule has 0 saturated heterocycles. The van der Waals surface area contributed by atoms with Crippen LogP contribution in [-0.2, 0) is 6.54 Å². The van der Waals surface area contributed by atoms with Gasteiger partial charge in [0.2, 0.25) is 0 Å². The minimum atomic E-state index is -1.33. The van der Waals surface area contributed by atoms with Crippen LogP contribution in [0, 0.1) is 0 Å². The molecule has 2 rings (SSSR count). The summed E-state index contributed by atoms with van der Waals surface area (Å²) in [6, 6.07) is 0. The normalized spacial score (nSPS) is 14.1. The lowest BCUT2D eigenvalue weighted by molar-refractivity contribution is 0.0693. The summed E-state index contributed by atoms with van der Waals surface area (Å²) >= 11 is 7.17. The number of aromatic carboxylic acids is 1. The van der Waals surface area contributed by atoms with Crippen molar-refractivity contribution in [1.29, 1.82) is 0 Å². The number of hydrogen-bond acceptors (Lipinski definition) is 4. The highest BCUT2D eigenvalue weighted by Crippen LogP contribution is 2.27. The average Bonchev–Trinajstić information content (AvgIpc) is 2.50. The number of thioether (sulfide) groups is 1. The fourth-order valence-corrected chi connectivity index (χ4v) is 2.54. The van der Waals surface area contributed by atoms with E-state index in [1.165, 1.54) is 16.3 Å². The Kier molecular flexibility index (Phi) is 2.24. The predicted molar refractivity (Wildman–Crippen MR) is 51.2 cm³/mol. The number of carboxylic acids is 1. The van der Waals surface area contributed by atoms with Gasteiger partial charge in [-0.25, -0.2) is 4.79 Å². The molecule has 1 N–H and O–H groups in total. The molecule has 0 bridgehead atoms. The van der Waals surface area contributed by atoms with E-state index in [4.69, 9.17) is 16.7 Å². The monoisotopic (exact) mass is 232 g/mol. The van der Waals surface area contributed by atoms with Crippen LogP contribution >= 0.6 is 23.4 Å². The molecular formula is C7H5ClN2O3S. The second-order valence-corrected chi connectivity index (χ2v) is 4.09. The van der Waals surface area contributed by atoms with Gasteiger partial charge < -0.3 is 9.67 Å². The van der Waals surface area contributed by atoms with Gasteiger partial charge in [0.1, 0.15) is 5.15 Å². The predicted octanol–water partition coefficient (Wildman–Crippen LogP) is 0.701. The van der Waals surface area contributed by atoms with E-state index in [0.29, 0.717) is 11.7 Å². The molecule has 5 nitrogen and oxygen atoms in total. The molecule has 0 amide bonds. The van der Waals surface area contributed by atoms with Crippen molar-refractivity contribution in [3.63, 3.8) is 0 Å². The van der Waals surface area contributed by atoms with Crippen LogP contribution < -0.4 is 5.56 Å². The number of aromatic nitrogens is 2. The van der Waals surface area contributed by atoms with Gasteiger partial charge in [0.15, 0.2) is 10.7 Å².